The number of rotatable bonds is 3. The Labute approximate surface area is 54.3 Å². The Morgan fingerprint density at radius 1 is 1.10 bits per heavy atom. The molecule has 0 unspecified atom stereocenters. The van der Waals surface area contributed by atoms with Crippen LogP contribution in [0.15, 0.2) is 11.6 Å². The van der Waals surface area contributed by atoms with Crippen LogP contribution < -0.4 is 0 Å². The van der Waals surface area contributed by atoms with Gasteiger partial charge in [-0.05, 0) is 6.08 Å². The molecule has 0 aromatic heterocycles. The minimum Gasteiger partial charge on any atom is -0.247 e. The van der Waals surface area contributed by atoms with E-state index in [0.717, 1.165) is 0 Å². The maximum absolute atomic E-state index is 11.4. The molecule has 10 heavy (non-hydrogen) atoms. The fourth-order valence-electron chi connectivity index (χ4n) is 0.362. The molecule has 0 aromatic carbocycles. The molecule has 0 aromatic rings. The Morgan fingerprint density at radius 3 is 1.60 bits per heavy atom. The topological polar surface area (TPSA) is 0 Å². The summed E-state index contributed by atoms with van der Waals surface area (Å²) in [6.45, 7) is -1.29. The molecule has 5 heteroatoms. The summed E-state index contributed by atoms with van der Waals surface area (Å²) in [6.07, 6.45) is -6.35. The van der Waals surface area contributed by atoms with Crippen LogP contribution in [-0.2, 0) is 0 Å². The molecule has 0 bridgehead atoms. The van der Waals surface area contributed by atoms with Gasteiger partial charge in [-0.2, -0.15) is 0 Å². The van der Waals surface area contributed by atoms with Gasteiger partial charge in [-0.25, -0.2) is 22.0 Å². The Balaban J connectivity index is 4.12. The van der Waals surface area contributed by atoms with Gasteiger partial charge in [0.15, 0.2) is 0 Å². The Hall–Kier alpha value is -0.610. The van der Waals surface area contributed by atoms with Crippen LogP contribution in [0.25, 0.3) is 0 Å². The van der Waals surface area contributed by atoms with Crippen molar-refractivity contribution < 1.29 is 22.0 Å². The van der Waals surface area contributed by atoms with Crippen LogP contribution in [0.5, 0.6) is 0 Å². The molecule has 0 radical (unpaired) electrons. The summed E-state index contributed by atoms with van der Waals surface area (Å²) in [5.41, 5.74) is -1.44. The molecule has 0 aliphatic heterocycles. The first-order chi connectivity index (χ1) is 4.59. The molecule has 0 atom stereocenters. The van der Waals surface area contributed by atoms with Crippen molar-refractivity contribution in [3.8, 4) is 0 Å². The van der Waals surface area contributed by atoms with Gasteiger partial charge in [0.25, 0.3) is 12.9 Å². The lowest BCUT2D eigenvalue weighted by atomic mass is 10.3. The van der Waals surface area contributed by atoms with Crippen LogP contribution in [0.2, 0.25) is 0 Å². The molecule has 0 heterocycles. The molecule has 0 saturated heterocycles. The summed E-state index contributed by atoms with van der Waals surface area (Å²) >= 11 is 0. The Bertz CT molecular complexity index is 107. The SMILES string of the molecule is FCC=C(C(F)F)C(F)F. The van der Waals surface area contributed by atoms with Gasteiger partial charge in [-0.15, -0.1) is 0 Å². The molecule has 0 amide bonds. The number of alkyl halides is 5. The fraction of sp³-hybridized carbons (Fsp3) is 0.600. The molecule has 0 fully saturated rings. The zero-order valence-electron chi connectivity index (χ0n) is 4.83. The van der Waals surface area contributed by atoms with E-state index >= 15 is 0 Å². The summed E-state index contributed by atoms with van der Waals surface area (Å²) in [7, 11) is 0. The molecule has 0 aliphatic carbocycles. The van der Waals surface area contributed by atoms with Gasteiger partial charge in [0.2, 0.25) is 0 Å². The highest BCUT2D eigenvalue weighted by atomic mass is 19.3. The van der Waals surface area contributed by atoms with Gasteiger partial charge in [-0.3, -0.25) is 0 Å². The first-order valence-electron chi connectivity index (χ1n) is 2.41. The Morgan fingerprint density at radius 2 is 1.50 bits per heavy atom. The van der Waals surface area contributed by atoms with E-state index in [4.69, 9.17) is 0 Å². The lowest BCUT2D eigenvalue weighted by molar-refractivity contribution is 0.111. The van der Waals surface area contributed by atoms with Crippen LogP contribution in [0.4, 0.5) is 22.0 Å². The molecular weight excluding hydrogens is 155 g/mol. The Kier molecular flexibility index (Phi) is 3.99. The first kappa shape index (κ1) is 9.39. The molecule has 0 saturated carbocycles. The summed E-state index contributed by atoms with van der Waals surface area (Å²) in [6, 6.07) is 0. The van der Waals surface area contributed by atoms with E-state index < -0.39 is 25.1 Å². The summed E-state index contributed by atoms with van der Waals surface area (Å²) in [5, 5.41) is 0. The van der Waals surface area contributed by atoms with E-state index in [9.17, 15) is 22.0 Å². The van der Waals surface area contributed by atoms with Gasteiger partial charge >= 0.3 is 0 Å². The third-order valence-corrected chi connectivity index (χ3v) is 0.817. The number of allylic oxidation sites excluding steroid dienone is 2. The van der Waals surface area contributed by atoms with E-state index in [-0.39, 0.29) is 6.08 Å². The van der Waals surface area contributed by atoms with Crippen molar-refractivity contribution in [1.82, 2.24) is 0 Å². The van der Waals surface area contributed by atoms with Crippen molar-refractivity contribution in [3.05, 3.63) is 11.6 Å². The largest absolute Gasteiger partial charge is 0.265 e. The summed E-state index contributed by atoms with van der Waals surface area (Å²) < 4.78 is 56.9. The van der Waals surface area contributed by atoms with Crippen LogP contribution in [0.3, 0.4) is 0 Å². The second-order valence-electron chi connectivity index (χ2n) is 1.46. The van der Waals surface area contributed by atoms with Gasteiger partial charge in [0.1, 0.15) is 6.67 Å². The standard InChI is InChI=1S/C5H5F5/c6-2-1-3(4(7)8)5(9)10/h1,4-5H,2H2. The zero-order valence-corrected chi connectivity index (χ0v) is 4.83. The third kappa shape index (κ3) is 2.80. The predicted molar refractivity (Wildman–Crippen MR) is 26.1 cm³/mol. The van der Waals surface area contributed by atoms with E-state index in [2.05, 4.69) is 0 Å². The van der Waals surface area contributed by atoms with Crippen molar-refractivity contribution in [2.45, 2.75) is 12.9 Å². The second kappa shape index (κ2) is 4.24. The number of hydrogen-bond donors (Lipinski definition) is 0. The third-order valence-electron chi connectivity index (χ3n) is 0.817. The highest BCUT2D eigenvalue weighted by molar-refractivity contribution is 5.07. The molecule has 0 aliphatic rings. The van der Waals surface area contributed by atoms with Crippen molar-refractivity contribution in [2.24, 2.45) is 0 Å². The number of halogens is 5. The van der Waals surface area contributed by atoms with Crippen LogP contribution >= 0.6 is 0 Å². The van der Waals surface area contributed by atoms with E-state index in [1.54, 1.807) is 0 Å². The number of hydrogen-bond acceptors (Lipinski definition) is 0. The minimum absolute atomic E-state index is 0.190. The monoisotopic (exact) mass is 160 g/mol. The van der Waals surface area contributed by atoms with Crippen LogP contribution in [0.1, 0.15) is 0 Å². The van der Waals surface area contributed by atoms with E-state index in [1.807, 2.05) is 0 Å². The summed E-state index contributed by atoms with van der Waals surface area (Å²) in [4.78, 5) is 0. The molecule has 0 rings (SSSR count). The van der Waals surface area contributed by atoms with Gasteiger partial charge in [0, 0.05) is 0 Å². The average molecular weight is 160 g/mol. The highest BCUT2D eigenvalue weighted by Crippen LogP contribution is 2.16. The van der Waals surface area contributed by atoms with Crippen LogP contribution in [0, 0.1) is 0 Å². The molecule has 0 spiro atoms. The van der Waals surface area contributed by atoms with Gasteiger partial charge in [0.05, 0.1) is 5.57 Å². The van der Waals surface area contributed by atoms with Crippen molar-refractivity contribution in [3.63, 3.8) is 0 Å². The molecule has 0 N–H and O–H groups in total. The van der Waals surface area contributed by atoms with Crippen molar-refractivity contribution in [1.29, 1.82) is 0 Å². The predicted octanol–water partition coefficient (Wildman–Crippen LogP) is 2.41. The van der Waals surface area contributed by atoms with Crippen LogP contribution in [-0.4, -0.2) is 19.5 Å². The highest BCUT2D eigenvalue weighted by Gasteiger charge is 2.20. The average Bonchev–Trinajstić information content (AvgIpc) is 1.81. The minimum atomic E-state index is -3.27. The lowest BCUT2D eigenvalue weighted by Gasteiger charge is -2.01. The van der Waals surface area contributed by atoms with E-state index in [0.29, 0.717) is 0 Å². The quantitative estimate of drug-likeness (QED) is 0.439. The second-order valence-corrected chi connectivity index (χ2v) is 1.46. The van der Waals surface area contributed by atoms with Crippen molar-refractivity contribution >= 4 is 0 Å². The first-order valence-corrected chi connectivity index (χ1v) is 2.41. The lowest BCUT2D eigenvalue weighted by Crippen LogP contribution is -2.06. The molecule has 0 nitrogen and oxygen atoms in total. The smallest absolute Gasteiger partial charge is 0.247 e. The fourth-order valence-corrected chi connectivity index (χ4v) is 0.362. The van der Waals surface area contributed by atoms with Gasteiger partial charge < -0.3 is 0 Å². The zero-order chi connectivity index (χ0) is 8.15. The maximum atomic E-state index is 11.4. The van der Waals surface area contributed by atoms with Crippen molar-refractivity contribution in [2.75, 3.05) is 6.67 Å². The van der Waals surface area contributed by atoms with Gasteiger partial charge in [-0.1, -0.05) is 0 Å². The normalized spacial score (nSPS) is 10.7. The summed E-state index contributed by atoms with van der Waals surface area (Å²) in [5.74, 6) is 0. The molecule has 60 valence electrons. The maximum Gasteiger partial charge on any atom is 0.265 e. The van der Waals surface area contributed by atoms with E-state index in [1.165, 1.54) is 0 Å². The molecular formula is C5H5F5.